The zero-order valence-electron chi connectivity index (χ0n) is 14.2. The first-order chi connectivity index (χ1) is 12.9. The van der Waals surface area contributed by atoms with Crippen LogP contribution in [0.15, 0.2) is 15.4 Å². The molecule has 2 rings (SSSR count). The van der Waals surface area contributed by atoms with Gasteiger partial charge in [-0.05, 0) is 17.7 Å². The minimum absolute atomic E-state index is 0.0577. The van der Waals surface area contributed by atoms with Crippen molar-refractivity contribution in [2.24, 2.45) is 5.11 Å². The molecule has 0 bridgehead atoms. The maximum atomic E-state index is 12.5. The molecule has 0 aromatic carbocycles. The maximum absolute atomic E-state index is 12.5. The van der Waals surface area contributed by atoms with E-state index >= 15 is 0 Å². The van der Waals surface area contributed by atoms with Gasteiger partial charge in [-0.3, -0.25) is 0 Å². The smallest absolute Gasteiger partial charge is 0.319 e. The van der Waals surface area contributed by atoms with Gasteiger partial charge in [0, 0.05) is 16.6 Å². The van der Waals surface area contributed by atoms with Gasteiger partial charge in [-0.15, -0.1) is 0 Å². The summed E-state index contributed by atoms with van der Waals surface area (Å²) in [4.78, 5) is 16.4. The van der Waals surface area contributed by atoms with Crippen molar-refractivity contribution in [1.82, 2.24) is 19.9 Å². The molecule has 2 aromatic rings. The van der Waals surface area contributed by atoms with E-state index in [0.29, 0.717) is 10.3 Å². The Bertz CT molecular complexity index is 808. The first kappa shape index (κ1) is 22.7. The summed E-state index contributed by atoms with van der Waals surface area (Å²) in [6.45, 7) is 4.04. The van der Waals surface area contributed by atoms with Crippen LogP contribution in [0.2, 0.25) is 20.6 Å². The van der Waals surface area contributed by atoms with E-state index in [1.165, 1.54) is 23.5 Å². The minimum Gasteiger partial charge on any atom is -0.594 e. The number of thioether (sulfide) groups is 2. The molecule has 2 aromatic heterocycles. The Labute approximate surface area is 184 Å². The summed E-state index contributed by atoms with van der Waals surface area (Å²) >= 11 is 27.1. The molecule has 0 saturated carbocycles. The van der Waals surface area contributed by atoms with E-state index in [-0.39, 0.29) is 36.8 Å². The molecule has 0 aliphatic rings. The van der Waals surface area contributed by atoms with Crippen LogP contribution in [0.4, 0.5) is 11.4 Å². The third-order valence-electron chi connectivity index (χ3n) is 2.81. The zero-order chi connectivity index (χ0) is 20.0. The fourth-order valence-corrected chi connectivity index (χ4v) is 4.26. The first-order valence-corrected chi connectivity index (χ1v) is 11.3. The average molecular weight is 488 g/mol. The lowest BCUT2D eigenvalue weighted by Gasteiger charge is -2.06. The largest absolute Gasteiger partial charge is 0.594 e. The van der Waals surface area contributed by atoms with Gasteiger partial charge in [0.1, 0.15) is 0 Å². The van der Waals surface area contributed by atoms with Gasteiger partial charge in [0.2, 0.25) is 16.0 Å². The Kier molecular flexibility index (Phi) is 9.10. The molecule has 0 saturated heterocycles. The zero-order valence-corrected chi connectivity index (χ0v) is 18.9. The van der Waals surface area contributed by atoms with Crippen molar-refractivity contribution in [1.29, 1.82) is 0 Å². The van der Waals surface area contributed by atoms with Gasteiger partial charge in [-0.25, -0.2) is 19.9 Å². The van der Waals surface area contributed by atoms with Gasteiger partial charge in [-0.2, -0.15) is 0 Å². The van der Waals surface area contributed by atoms with Gasteiger partial charge in [-0.1, -0.05) is 83.8 Å². The van der Waals surface area contributed by atoms with Crippen molar-refractivity contribution in [3.05, 3.63) is 25.8 Å². The third kappa shape index (κ3) is 6.20. The van der Waals surface area contributed by atoms with Crippen molar-refractivity contribution in [2.45, 2.75) is 37.0 Å². The van der Waals surface area contributed by atoms with Crippen molar-refractivity contribution in [2.75, 3.05) is 11.5 Å². The fraction of sp³-hybridized carbons (Fsp3) is 0.429. The van der Waals surface area contributed by atoms with Crippen LogP contribution in [0.25, 0.3) is 0 Å². The summed E-state index contributed by atoms with van der Waals surface area (Å²) in [7, 11) is 0. The molecule has 13 heteroatoms. The number of halogens is 4. The SMILES string of the molecule is CCCSc1nc(Cl)c(N=[N+]([O-])c2c(Cl)nc(SCCC)nc2Cl)c(Cl)n1. The number of hydrogen-bond donors (Lipinski definition) is 0. The molecule has 7 nitrogen and oxygen atoms in total. The molecule has 0 amide bonds. The minimum atomic E-state index is -0.212. The Morgan fingerprint density at radius 3 is 1.63 bits per heavy atom. The number of azo groups is 1. The molecule has 0 fully saturated rings. The van der Waals surface area contributed by atoms with Gasteiger partial charge < -0.3 is 5.21 Å². The van der Waals surface area contributed by atoms with Crippen molar-refractivity contribution >= 4 is 81.3 Å². The second-order valence-electron chi connectivity index (χ2n) is 4.94. The fourth-order valence-electron chi connectivity index (χ4n) is 1.66. The average Bonchev–Trinajstić information content (AvgIpc) is 2.60. The van der Waals surface area contributed by atoms with E-state index in [1.54, 1.807) is 0 Å². The standard InChI is InChI=1S/C14H14Cl4N6OS2/c1-3-5-26-13-19-9(15)7(10(16)20-13)23-24(25)8-11(17)21-14(22-12(8)18)27-6-4-2/h3-6H2,1-2H3. The summed E-state index contributed by atoms with van der Waals surface area (Å²) in [5, 5.41) is 16.7. The van der Waals surface area contributed by atoms with E-state index in [1.807, 2.05) is 13.8 Å². The Morgan fingerprint density at radius 1 is 0.815 bits per heavy atom. The van der Waals surface area contributed by atoms with Crippen LogP contribution in [-0.2, 0) is 0 Å². The molecule has 0 atom stereocenters. The normalized spacial score (nSPS) is 11.9. The summed E-state index contributed by atoms with van der Waals surface area (Å²) in [5.41, 5.74) is -0.304. The van der Waals surface area contributed by atoms with Crippen molar-refractivity contribution in [3.63, 3.8) is 0 Å². The molecule has 2 heterocycles. The molecule has 27 heavy (non-hydrogen) atoms. The van der Waals surface area contributed by atoms with Gasteiger partial charge in [0.25, 0.3) is 0 Å². The highest BCUT2D eigenvalue weighted by Crippen LogP contribution is 2.36. The van der Waals surface area contributed by atoms with E-state index in [0.717, 1.165) is 24.3 Å². The highest BCUT2D eigenvalue weighted by molar-refractivity contribution is 7.99. The Morgan fingerprint density at radius 2 is 1.22 bits per heavy atom. The van der Waals surface area contributed by atoms with Crippen LogP contribution in [0, 0.1) is 5.21 Å². The Hall–Kier alpha value is -0.580. The quantitative estimate of drug-likeness (QED) is 0.101. The number of hydrogen-bond acceptors (Lipinski definition) is 8. The highest BCUT2D eigenvalue weighted by Gasteiger charge is 2.23. The van der Waals surface area contributed by atoms with E-state index in [4.69, 9.17) is 46.4 Å². The lowest BCUT2D eigenvalue weighted by atomic mass is 10.5. The third-order valence-corrected chi connectivity index (χ3v) is 5.97. The van der Waals surface area contributed by atoms with Gasteiger partial charge in [0.05, 0.1) is 0 Å². The highest BCUT2D eigenvalue weighted by atomic mass is 35.5. The van der Waals surface area contributed by atoms with Crippen molar-refractivity contribution in [3.8, 4) is 0 Å². The van der Waals surface area contributed by atoms with Crippen LogP contribution in [-0.4, -0.2) is 36.3 Å². The second kappa shape index (κ2) is 10.8. The predicted octanol–water partition coefficient (Wildman–Crippen LogP) is 6.81. The molecule has 0 radical (unpaired) electrons. The predicted molar refractivity (Wildman–Crippen MR) is 112 cm³/mol. The van der Waals surface area contributed by atoms with Crippen LogP contribution < -0.4 is 0 Å². The lowest BCUT2D eigenvalue weighted by Crippen LogP contribution is -2.00. The molecule has 146 valence electrons. The summed E-state index contributed by atoms with van der Waals surface area (Å²) in [6, 6.07) is 0. The molecule has 0 aliphatic heterocycles. The van der Waals surface area contributed by atoms with E-state index < -0.39 is 0 Å². The maximum Gasteiger partial charge on any atom is 0.319 e. The van der Waals surface area contributed by atoms with E-state index in [2.05, 4.69) is 25.1 Å². The lowest BCUT2D eigenvalue weighted by molar-refractivity contribution is -0.435. The molecule has 0 N–H and O–H groups in total. The number of aromatic nitrogens is 4. The number of rotatable bonds is 8. The summed E-state index contributed by atoms with van der Waals surface area (Å²) in [5.74, 6) is 1.60. The monoisotopic (exact) mass is 486 g/mol. The van der Waals surface area contributed by atoms with Gasteiger partial charge in [0.15, 0.2) is 20.6 Å². The second-order valence-corrected chi connectivity index (χ2v) is 8.50. The molecule has 0 aliphatic carbocycles. The summed E-state index contributed by atoms with van der Waals surface area (Å²) < 4.78 is 0. The first-order valence-electron chi connectivity index (χ1n) is 7.77. The van der Waals surface area contributed by atoms with Gasteiger partial charge >= 0.3 is 5.69 Å². The molecule has 0 unspecified atom stereocenters. The van der Waals surface area contributed by atoms with Crippen LogP contribution in [0.3, 0.4) is 0 Å². The van der Waals surface area contributed by atoms with Crippen molar-refractivity contribution < 1.29 is 4.86 Å². The number of nitrogens with zero attached hydrogens (tertiary/aromatic N) is 6. The van der Waals surface area contributed by atoms with Crippen LogP contribution in [0.5, 0.6) is 0 Å². The molecular formula is C14H14Cl4N6OS2. The summed E-state index contributed by atoms with van der Waals surface area (Å²) in [6.07, 6.45) is 1.87. The molecule has 0 spiro atoms. The van der Waals surface area contributed by atoms with Crippen LogP contribution in [0.1, 0.15) is 26.7 Å². The topological polar surface area (TPSA) is 90.0 Å². The van der Waals surface area contributed by atoms with Crippen LogP contribution >= 0.6 is 69.9 Å². The molecular weight excluding hydrogens is 474 g/mol. The van der Waals surface area contributed by atoms with E-state index in [9.17, 15) is 5.21 Å². The Balaban J connectivity index is 2.37.